The van der Waals surface area contributed by atoms with Crippen LogP contribution in [-0.2, 0) is 0 Å². The minimum absolute atomic E-state index is 0.0625. The number of fused-ring (bicyclic) bond motifs is 1. The van der Waals surface area contributed by atoms with E-state index in [1.807, 2.05) is 0 Å². The Kier molecular flexibility index (Phi) is 1.38. The average Bonchev–Trinajstić information content (AvgIpc) is 2.39. The first kappa shape index (κ1) is 7.47. The van der Waals surface area contributed by atoms with Gasteiger partial charge in [-0.15, -0.1) is 0 Å². The predicted molar refractivity (Wildman–Crippen MR) is 41.6 cm³/mol. The molecule has 2 aromatic rings. The Morgan fingerprint density at radius 3 is 3.08 bits per heavy atom. The molecule has 0 fully saturated rings. The van der Waals surface area contributed by atoms with Crippen LogP contribution in [0.4, 0.5) is 4.79 Å². The average molecular weight is 180 g/mol. The maximum absolute atomic E-state index is 11.0. The highest BCUT2D eigenvalue weighted by atomic mass is 16.4. The molecule has 0 spiro atoms. The minimum Gasteiger partial charge on any atom is -0.464 e. The van der Waals surface area contributed by atoms with Crippen molar-refractivity contribution in [2.45, 2.75) is 0 Å². The lowest BCUT2D eigenvalue weighted by atomic mass is 10.6. The van der Waals surface area contributed by atoms with E-state index in [9.17, 15) is 9.59 Å². The molecule has 0 radical (unpaired) electrons. The molecule has 0 aliphatic carbocycles. The molecule has 2 heterocycles. The van der Waals surface area contributed by atoms with E-state index >= 15 is 0 Å². The lowest BCUT2D eigenvalue weighted by molar-refractivity contribution is 0.196. The Bertz CT molecular complexity index is 526. The summed E-state index contributed by atoms with van der Waals surface area (Å²) in [6.45, 7) is 0. The summed E-state index contributed by atoms with van der Waals surface area (Å²) in [5.74, 6) is 0. The van der Waals surface area contributed by atoms with Crippen molar-refractivity contribution in [3.63, 3.8) is 0 Å². The van der Waals surface area contributed by atoms with Crippen molar-refractivity contribution in [3.05, 3.63) is 23.0 Å². The normalized spacial score (nSPS) is 10.5. The number of aromatic nitrogens is 4. The highest BCUT2D eigenvalue weighted by molar-refractivity contribution is 5.81. The van der Waals surface area contributed by atoms with Crippen molar-refractivity contribution in [2.24, 2.45) is 0 Å². The van der Waals surface area contributed by atoms with Gasteiger partial charge in [-0.3, -0.25) is 0 Å². The molecule has 0 unspecified atom stereocenters. The zero-order chi connectivity index (χ0) is 9.42. The number of hydrogen-bond acceptors (Lipinski definition) is 4. The van der Waals surface area contributed by atoms with E-state index in [2.05, 4.69) is 15.0 Å². The van der Waals surface area contributed by atoms with Gasteiger partial charge in [0.1, 0.15) is 11.8 Å². The van der Waals surface area contributed by atoms with Crippen LogP contribution in [0.1, 0.15) is 0 Å². The number of carbonyl (C=O) groups is 1. The van der Waals surface area contributed by atoms with Gasteiger partial charge in [0.25, 0.3) is 0 Å². The zero-order valence-corrected chi connectivity index (χ0v) is 6.26. The number of imidazole rings is 1. The Labute approximate surface area is 70.7 Å². The zero-order valence-electron chi connectivity index (χ0n) is 6.26. The van der Waals surface area contributed by atoms with Crippen LogP contribution >= 0.6 is 0 Å². The Morgan fingerprint density at radius 2 is 2.38 bits per heavy atom. The van der Waals surface area contributed by atoms with E-state index in [1.165, 1.54) is 12.5 Å². The lowest BCUT2D eigenvalue weighted by Crippen LogP contribution is -2.23. The fourth-order valence-electron chi connectivity index (χ4n) is 1.03. The molecule has 0 aliphatic heterocycles. The summed E-state index contributed by atoms with van der Waals surface area (Å²) in [6, 6.07) is 0. The molecule has 0 saturated carbocycles. The minimum atomic E-state index is -1.37. The van der Waals surface area contributed by atoms with Crippen LogP contribution in [0, 0.1) is 0 Å². The lowest BCUT2D eigenvalue weighted by Gasteiger charge is -1.91. The standard InChI is InChI=1S/C6H4N4O3/c11-5-9-3-1-7-2-8-4(3)10(5)6(12)13/h1-2H,(H,9,11)(H,12,13). The molecular weight excluding hydrogens is 176 g/mol. The van der Waals surface area contributed by atoms with Gasteiger partial charge in [-0.25, -0.2) is 19.6 Å². The van der Waals surface area contributed by atoms with Gasteiger partial charge in [-0.1, -0.05) is 0 Å². The SMILES string of the molecule is O=C(O)n1c(=O)[nH]c2cncnc21. The van der Waals surface area contributed by atoms with Gasteiger partial charge in [-0.05, 0) is 0 Å². The maximum atomic E-state index is 11.0. The molecule has 0 saturated heterocycles. The fraction of sp³-hybridized carbons (Fsp3) is 0. The number of H-pyrrole nitrogens is 1. The first-order valence-electron chi connectivity index (χ1n) is 3.34. The number of hydrogen-bond donors (Lipinski definition) is 2. The van der Waals surface area contributed by atoms with Crippen molar-refractivity contribution >= 4 is 17.3 Å². The Balaban J connectivity index is 2.95. The summed E-state index contributed by atoms with van der Waals surface area (Å²) in [6.07, 6.45) is 1.15. The molecule has 2 aromatic heterocycles. The van der Waals surface area contributed by atoms with E-state index in [1.54, 1.807) is 0 Å². The van der Waals surface area contributed by atoms with Crippen molar-refractivity contribution in [1.82, 2.24) is 19.5 Å². The van der Waals surface area contributed by atoms with Gasteiger partial charge in [-0.2, -0.15) is 4.57 Å². The van der Waals surface area contributed by atoms with Gasteiger partial charge >= 0.3 is 11.8 Å². The maximum Gasteiger partial charge on any atom is 0.421 e. The molecule has 2 N–H and O–H groups in total. The number of nitrogens with zero attached hydrogens (tertiary/aromatic N) is 3. The van der Waals surface area contributed by atoms with E-state index in [-0.39, 0.29) is 5.65 Å². The van der Waals surface area contributed by atoms with Gasteiger partial charge in [0.05, 0.1) is 6.20 Å². The molecule has 66 valence electrons. The van der Waals surface area contributed by atoms with Crippen molar-refractivity contribution in [1.29, 1.82) is 0 Å². The quantitative estimate of drug-likeness (QED) is 0.576. The monoisotopic (exact) mass is 180 g/mol. The highest BCUT2D eigenvalue weighted by Gasteiger charge is 2.12. The number of rotatable bonds is 0. The summed E-state index contributed by atoms with van der Waals surface area (Å²) in [5, 5.41) is 8.64. The van der Waals surface area contributed by atoms with Gasteiger partial charge in [0, 0.05) is 0 Å². The number of aromatic amines is 1. The largest absolute Gasteiger partial charge is 0.464 e. The van der Waals surface area contributed by atoms with Crippen LogP contribution < -0.4 is 5.69 Å². The van der Waals surface area contributed by atoms with Crippen LogP contribution in [0.2, 0.25) is 0 Å². The van der Waals surface area contributed by atoms with Crippen molar-refractivity contribution in [2.75, 3.05) is 0 Å². The molecular formula is C6H4N4O3. The second-order valence-electron chi connectivity index (χ2n) is 2.31. The summed E-state index contributed by atoms with van der Waals surface area (Å²) in [5.41, 5.74) is -0.370. The number of nitrogens with one attached hydrogen (secondary N) is 1. The van der Waals surface area contributed by atoms with Gasteiger partial charge < -0.3 is 10.1 Å². The van der Waals surface area contributed by atoms with Crippen molar-refractivity contribution < 1.29 is 9.90 Å². The summed E-state index contributed by atoms with van der Waals surface area (Å²) < 4.78 is 0.525. The molecule has 2 rings (SSSR count). The van der Waals surface area contributed by atoms with E-state index in [0.717, 1.165) is 0 Å². The number of carboxylic acid groups (broad SMARTS) is 1. The third-order valence-corrected chi connectivity index (χ3v) is 1.54. The molecule has 13 heavy (non-hydrogen) atoms. The van der Waals surface area contributed by atoms with Crippen LogP contribution in [0.5, 0.6) is 0 Å². The van der Waals surface area contributed by atoms with Crippen molar-refractivity contribution in [3.8, 4) is 0 Å². The van der Waals surface area contributed by atoms with Crippen LogP contribution in [-0.4, -0.2) is 30.7 Å². The highest BCUT2D eigenvalue weighted by Crippen LogP contribution is 2.02. The first-order valence-corrected chi connectivity index (χ1v) is 3.34. The smallest absolute Gasteiger partial charge is 0.421 e. The third-order valence-electron chi connectivity index (χ3n) is 1.54. The second-order valence-corrected chi connectivity index (χ2v) is 2.31. The summed E-state index contributed by atoms with van der Waals surface area (Å²) in [7, 11) is 0. The Morgan fingerprint density at radius 1 is 1.62 bits per heavy atom. The first-order chi connectivity index (χ1) is 6.20. The second kappa shape index (κ2) is 2.41. The molecule has 7 nitrogen and oxygen atoms in total. The van der Waals surface area contributed by atoms with Gasteiger partial charge in [0.2, 0.25) is 0 Å². The summed E-state index contributed by atoms with van der Waals surface area (Å²) >= 11 is 0. The van der Waals surface area contributed by atoms with Crippen LogP contribution in [0.15, 0.2) is 17.3 Å². The topological polar surface area (TPSA) is 101 Å². The van der Waals surface area contributed by atoms with E-state index < -0.39 is 11.8 Å². The molecule has 0 atom stereocenters. The summed E-state index contributed by atoms with van der Waals surface area (Å²) in [4.78, 5) is 31.2. The molecule has 0 aromatic carbocycles. The van der Waals surface area contributed by atoms with Gasteiger partial charge in [0.15, 0.2) is 5.65 Å². The van der Waals surface area contributed by atoms with E-state index in [4.69, 9.17) is 5.11 Å². The molecule has 0 aliphatic rings. The molecule has 7 heteroatoms. The fourth-order valence-corrected chi connectivity index (χ4v) is 1.03. The Hall–Kier alpha value is -2.18. The predicted octanol–water partition coefficient (Wildman–Crippen LogP) is -0.354. The molecule has 0 bridgehead atoms. The van der Waals surface area contributed by atoms with Crippen LogP contribution in [0.25, 0.3) is 11.2 Å². The van der Waals surface area contributed by atoms with Crippen LogP contribution in [0.3, 0.4) is 0 Å². The molecule has 0 amide bonds. The third kappa shape index (κ3) is 0.975. The van der Waals surface area contributed by atoms with E-state index in [0.29, 0.717) is 10.1 Å².